The fourth-order valence-corrected chi connectivity index (χ4v) is 4.06. The van der Waals surface area contributed by atoms with E-state index in [1.165, 1.54) is 4.90 Å². The highest BCUT2D eigenvalue weighted by Gasteiger charge is 2.27. The Morgan fingerprint density at radius 1 is 1.09 bits per heavy atom. The molecule has 1 amide bonds. The van der Waals surface area contributed by atoms with Crippen molar-refractivity contribution < 1.29 is 9.53 Å². The standard InChI is InChI=1S/C24H21Cl2IN4O2/c1-24(2,3)33-23(32)30(14-16-4-7-17(25)12-19(16)26)22-13-20(15-5-8-18(27)9-6-15)29-21-10-11-28-31(21)22/h4-13H,14H2,1-3H3. The highest BCUT2D eigenvalue weighted by Crippen LogP contribution is 2.29. The van der Waals surface area contributed by atoms with E-state index in [1.54, 1.807) is 35.0 Å². The summed E-state index contributed by atoms with van der Waals surface area (Å²) in [6.45, 7) is 5.64. The third-order valence-corrected chi connectivity index (χ3v) is 6.02. The molecular formula is C24H21Cl2IN4O2. The number of anilines is 1. The van der Waals surface area contributed by atoms with E-state index < -0.39 is 11.7 Å². The Morgan fingerprint density at radius 2 is 1.82 bits per heavy atom. The first-order valence-corrected chi connectivity index (χ1v) is 12.0. The van der Waals surface area contributed by atoms with Crippen LogP contribution in [0, 0.1) is 3.57 Å². The van der Waals surface area contributed by atoms with Crippen LogP contribution in [0.3, 0.4) is 0 Å². The van der Waals surface area contributed by atoms with Crippen LogP contribution in [0.2, 0.25) is 10.0 Å². The number of hydrogen-bond donors (Lipinski definition) is 0. The van der Waals surface area contributed by atoms with Crippen LogP contribution < -0.4 is 4.90 Å². The fourth-order valence-electron chi connectivity index (χ4n) is 3.23. The van der Waals surface area contributed by atoms with Gasteiger partial charge in [-0.25, -0.2) is 9.78 Å². The predicted molar refractivity (Wildman–Crippen MR) is 140 cm³/mol. The van der Waals surface area contributed by atoms with E-state index in [0.29, 0.717) is 27.2 Å². The molecule has 0 atom stereocenters. The summed E-state index contributed by atoms with van der Waals surface area (Å²) in [5.74, 6) is 0.513. The molecule has 0 spiro atoms. The topological polar surface area (TPSA) is 59.7 Å². The molecule has 6 nitrogen and oxygen atoms in total. The highest BCUT2D eigenvalue weighted by molar-refractivity contribution is 14.1. The molecule has 0 unspecified atom stereocenters. The van der Waals surface area contributed by atoms with Crippen LogP contribution in [0.4, 0.5) is 10.6 Å². The molecule has 2 aromatic carbocycles. The number of fused-ring (bicyclic) bond motifs is 1. The second-order valence-corrected chi connectivity index (χ2v) is 10.5. The van der Waals surface area contributed by atoms with Crippen molar-refractivity contribution in [1.82, 2.24) is 14.6 Å². The van der Waals surface area contributed by atoms with E-state index in [1.807, 2.05) is 51.1 Å². The Bertz CT molecular complexity index is 1320. The average molecular weight is 595 g/mol. The maximum absolute atomic E-state index is 13.4. The Hall–Kier alpha value is -2.36. The van der Waals surface area contributed by atoms with Gasteiger partial charge in [0.25, 0.3) is 0 Å². The van der Waals surface area contributed by atoms with E-state index in [0.717, 1.165) is 14.7 Å². The van der Waals surface area contributed by atoms with Crippen LogP contribution in [0.5, 0.6) is 0 Å². The zero-order valence-corrected chi connectivity index (χ0v) is 21.9. The minimum Gasteiger partial charge on any atom is -0.443 e. The zero-order valence-electron chi connectivity index (χ0n) is 18.2. The number of carbonyl (C=O) groups is 1. The van der Waals surface area contributed by atoms with Gasteiger partial charge in [-0.15, -0.1) is 0 Å². The first-order chi connectivity index (χ1) is 15.6. The molecule has 0 bridgehead atoms. The van der Waals surface area contributed by atoms with Crippen molar-refractivity contribution in [2.45, 2.75) is 32.9 Å². The van der Waals surface area contributed by atoms with E-state index in [4.69, 9.17) is 32.9 Å². The second-order valence-electron chi connectivity index (χ2n) is 8.41. The third-order valence-electron chi connectivity index (χ3n) is 4.71. The number of ether oxygens (including phenoxy) is 1. The lowest BCUT2D eigenvalue weighted by Gasteiger charge is -2.28. The summed E-state index contributed by atoms with van der Waals surface area (Å²) >= 11 is 14.8. The highest BCUT2D eigenvalue weighted by atomic mass is 127. The van der Waals surface area contributed by atoms with Gasteiger partial charge in [0.1, 0.15) is 11.4 Å². The maximum atomic E-state index is 13.4. The van der Waals surface area contributed by atoms with Gasteiger partial charge in [-0.1, -0.05) is 41.4 Å². The van der Waals surface area contributed by atoms with Crippen molar-refractivity contribution in [1.29, 1.82) is 0 Å². The summed E-state index contributed by atoms with van der Waals surface area (Å²) in [6.07, 6.45) is 1.12. The van der Waals surface area contributed by atoms with Crippen molar-refractivity contribution in [3.8, 4) is 11.3 Å². The molecule has 2 aromatic heterocycles. The zero-order chi connectivity index (χ0) is 23.8. The Balaban J connectivity index is 1.86. The summed E-state index contributed by atoms with van der Waals surface area (Å²) in [5.41, 5.74) is 2.28. The lowest BCUT2D eigenvalue weighted by Crippen LogP contribution is -2.37. The number of amides is 1. The summed E-state index contributed by atoms with van der Waals surface area (Å²) in [7, 11) is 0. The van der Waals surface area contributed by atoms with Crippen LogP contribution in [0.15, 0.2) is 60.8 Å². The van der Waals surface area contributed by atoms with Gasteiger partial charge in [0.15, 0.2) is 5.65 Å². The van der Waals surface area contributed by atoms with Gasteiger partial charge in [0, 0.05) is 31.3 Å². The van der Waals surface area contributed by atoms with Gasteiger partial charge in [-0.3, -0.25) is 4.90 Å². The van der Waals surface area contributed by atoms with E-state index in [-0.39, 0.29) is 6.54 Å². The van der Waals surface area contributed by atoms with Gasteiger partial charge >= 0.3 is 6.09 Å². The molecule has 0 fully saturated rings. The van der Waals surface area contributed by atoms with Crippen molar-refractivity contribution in [3.05, 3.63) is 80.0 Å². The Labute approximate surface area is 215 Å². The molecule has 4 aromatic rings. The summed E-state index contributed by atoms with van der Waals surface area (Å²) in [5, 5.41) is 5.37. The van der Waals surface area contributed by atoms with Gasteiger partial charge in [0.2, 0.25) is 0 Å². The quantitative estimate of drug-likeness (QED) is 0.234. The van der Waals surface area contributed by atoms with Crippen LogP contribution in [-0.2, 0) is 11.3 Å². The van der Waals surface area contributed by atoms with E-state index in [9.17, 15) is 4.79 Å². The molecule has 0 saturated carbocycles. The van der Waals surface area contributed by atoms with Crippen molar-refractivity contribution in [2.75, 3.05) is 4.90 Å². The molecule has 0 N–H and O–H groups in total. The monoisotopic (exact) mass is 594 g/mol. The molecule has 170 valence electrons. The predicted octanol–water partition coefficient (Wildman–Crippen LogP) is 7.25. The number of carbonyl (C=O) groups excluding carboxylic acids is 1. The summed E-state index contributed by atoms with van der Waals surface area (Å²) in [6, 6.07) is 16.8. The van der Waals surface area contributed by atoms with Crippen LogP contribution >= 0.6 is 45.8 Å². The van der Waals surface area contributed by atoms with E-state index >= 15 is 0 Å². The Kier molecular flexibility index (Phi) is 6.83. The molecule has 0 saturated heterocycles. The first kappa shape index (κ1) is 23.8. The van der Waals surface area contributed by atoms with Crippen molar-refractivity contribution >= 4 is 63.4 Å². The smallest absolute Gasteiger partial charge is 0.416 e. The van der Waals surface area contributed by atoms with Gasteiger partial charge in [0.05, 0.1) is 18.4 Å². The molecule has 0 radical (unpaired) electrons. The third kappa shape index (κ3) is 5.59. The molecular weight excluding hydrogens is 574 g/mol. The fraction of sp³-hybridized carbons (Fsp3) is 0.208. The minimum atomic E-state index is -0.686. The number of rotatable bonds is 4. The second kappa shape index (κ2) is 9.48. The van der Waals surface area contributed by atoms with E-state index in [2.05, 4.69) is 27.7 Å². The average Bonchev–Trinajstić information content (AvgIpc) is 3.21. The molecule has 0 aliphatic rings. The SMILES string of the molecule is CC(C)(C)OC(=O)N(Cc1ccc(Cl)cc1Cl)c1cc(-c2ccc(I)cc2)nc2ccnn12. The van der Waals surface area contributed by atoms with Crippen LogP contribution in [-0.4, -0.2) is 26.3 Å². The lowest BCUT2D eigenvalue weighted by atomic mass is 10.1. The summed E-state index contributed by atoms with van der Waals surface area (Å²) in [4.78, 5) is 19.6. The van der Waals surface area contributed by atoms with Gasteiger partial charge in [-0.05, 0) is 73.2 Å². The maximum Gasteiger partial charge on any atom is 0.416 e. The minimum absolute atomic E-state index is 0.163. The molecule has 9 heteroatoms. The number of benzene rings is 2. The van der Waals surface area contributed by atoms with Crippen molar-refractivity contribution in [3.63, 3.8) is 0 Å². The van der Waals surface area contributed by atoms with Gasteiger partial charge < -0.3 is 4.74 Å². The van der Waals surface area contributed by atoms with Crippen LogP contribution in [0.25, 0.3) is 16.9 Å². The number of halogens is 3. The van der Waals surface area contributed by atoms with Gasteiger partial charge in [-0.2, -0.15) is 9.61 Å². The van der Waals surface area contributed by atoms with Crippen LogP contribution in [0.1, 0.15) is 26.3 Å². The largest absolute Gasteiger partial charge is 0.443 e. The lowest BCUT2D eigenvalue weighted by molar-refractivity contribution is 0.0575. The molecule has 0 aliphatic carbocycles. The molecule has 4 rings (SSSR count). The normalized spacial score (nSPS) is 11.6. The molecule has 2 heterocycles. The number of nitrogens with zero attached hydrogens (tertiary/aromatic N) is 4. The molecule has 33 heavy (non-hydrogen) atoms. The summed E-state index contributed by atoms with van der Waals surface area (Å²) < 4.78 is 8.47. The number of hydrogen-bond acceptors (Lipinski definition) is 4. The van der Waals surface area contributed by atoms with Crippen molar-refractivity contribution in [2.24, 2.45) is 0 Å². The number of aromatic nitrogens is 3. The molecule has 0 aliphatic heterocycles. The first-order valence-electron chi connectivity index (χ1n) is 10.2. The Morgan fingerprint density at radius 3 is 2.48 bits per heavy atom.